The molecule has 7 heteroatoms. The monoisotopic (exact) mass is 299 g/mol. The molecule has 0 amide bonds. The summed E-state index contributed by atoms with van der Waals surface area (Å²) in [5, 5.41) is 9.13. The molecule has 1 saturated heterocycles. The molecule has 0 aromatic carbocycles. The van der Waals surface area contributed by atoms with Gasteiger partial charge in [0.05, 0.1) is 25.0 Å². The summed E-state index contributed by atoms with van der Waals surface area (Å²) in [6.07, 6.45) is 3.24. The molecule has 112 valence electrons. The number of ether oxygens (including phenoxy) is 2. The van der Waals surface area contributed by atoms with Crippen molar-refractivity contribution in [1.82, 2.24) is 14.8 Å². The Morgan fingerprint density at radius 2 is 2.35 bits per heavy atom. The first-order valence-electron chi connectivity index (χ1n) is 7.06. The first-order valence-corrected chi connectivity index (χ1v) is 8.05. The summed E-state index contributed by atoms with van der Waals surface area (Å²) in [6, 6.07) is 0. The number of carbonyl (C=O) groups excluding carboxylic acids is 1. The quantitative estimate of drug-likeness (QED) is 0.564. The molecule has 1 aromatic rings. The fourth-order valence-corrected chi connectivity index (χ4v) is 2.95. The van der Waals surface area contributed by atoms with E-state index in [1.54, 1.807) is 6.92 Å². The van der Waals surface area contributed by atoms with Crippen LogP contribution in [-0.4, -0.2) is 45.8 Å². The minimum Gasteiger partial charge on any atom is -0.465 e. The van der Waals surface area contributed by atoms with Gasteiger partial charge in [-0.05, 0) is 19.8 Å². The topological polar surface area (TPSA) is 66.2 Å². The summed E-state index contributed by atoms with van der Waals surface area (Å²) in [4.78, 5) is 11.4. The van der Waals surface area contributed by atoms with E-state index >= 15 is 0 Å². The average Bonchev–Trinajstić information content (AvgIpc) is 3.07. The van der Waals surface area contributed by atoms with Crippen LogP contribution in [0.25, 0.3) is 0 Å². The Bertz CT molecular complexity index is 444. The lowest BCUT2D eigenvalue weighted by Gasteiger charge is -2.13. The number of nitrogens with zero attached hydrogens (tertiary/aromatic N) is 3. The van der Waals surface area contributed by atoms with Gasteiger partial charge in [0.2, 0.25) is 0 Å². The van der Waals surface area contributed by atoms with Crippen LogP contribution in [0.2, 0.25) is 0 Å². The molecule has 0 aliphatic carbocycles. The van der Waals surface area contributed by atoms with Crippen LogP contribution >= 0.6 is 11.8 Å². The van der Waals surface area contributed by atoms with Gasteiger partial charge in [0.25, 0.3) is 0 Å². The normalized spacial score (nSPS) is 18.4. The minimum atomic E-state index is -0.220. The summed E-state index contributed by atoms with van der Waals surface area (Å²) in [7, 11) is 0. The van der Waals surface area contributed by atoms with Crippen LogP contribution in [0.4, 0.5) is 0 Å². The van der Waals surface area contributed by atoms with Gasteiger partial charge in [0, 0.05) is 13.0 Å². The predicted octanol–water partition coefficient (Wildman–Crippen LogP) is 1.67. The van der Waals surface area contributed by atoms with E-state index in [-0.39, 0.29) is 17.8 Å². The highest BCUT2D eigenvalue weighted by molar-refractivity contribution is 7.99. The summed E-state index contributed by atoms with van der Waals surface area (Å²) < 4.78 is 12.7. The van der Waals surface area contributed by atoms with E-state index in [4.69, 9.17) is 9.47 Å². The molecular weight excluding hydrogens is 278 g/mol. The lowest BCUT2D eigenvalue weighted by atomic mass is 10.2. The van der Waals surface area contributed by atoms with E-state index in [1.807, 2.05) is 0 Å². The minimum absolute atomic E-state index is 0.220. The molecule has 0 N–H and O–H groups in total. The third kappa shape index (κ3) is 3.96. The smallest absolute Gasteiger partial charge is 0.316 e. The van der Waals surface area contributed by atoms with Gasteiger partial charge in [-0.3, -0.25) is 4.79 Å². The van der Waals surface area contributed by atoms with Crippen molar-refractivity contribution in [1.29, 1.82) is 0 Å². The van der Waals surface area contributed by atoms with Crippen molar-refractivity contribution in [3.8, 4) is 0 Å². The standard InChI is InChI=1S/C13H21N3O3S/c1-3-11-14-15-13(20-9-12(17)18-4-2)16(11)8-10-6-5-7-19-10/h10H,3-9H2,1-2H3/t10-/m0/s1. The molecule has 0 bridgehead atoms. The van der Waals surface area contributed by atoms with Crippen LogP contribution in [0.3, 0.4) is 0 Å². The van der Waals surface area contributed by atoms with E-state index < -0.39 is 0 Å². The molecule has 6 nitrogen and oxygen atoms in total. The van der Waals surface area contributed by atoms with Crippen molar-refractivity contribution in [2.75, 3.05) is 19.0 Å². The maximum Gasteiger partial charge on any atom is 0.316 e. The maximum atomic E-state index is 11.4. The van der Waals surface area contributed by atoms with Crippen molar-refractivity contribution in [2.45, 2.75) is 50.9 Å². The summed E-state index contributed by atoms with van der Waals surface area (Å²) in [5.74, 6) is 0.982. The van der Waals surface area contributed by atoms with Gasteiger partial charge >= 0.3 is 5.97 Å². The number of esters is 1. The van der Waals surface area contributed by atoms with Crippen LogP contribution in [0.1, 0.15) is 32.5 Å². The fourth-order valence-electron chi connectivity index (χ4n) is 2.19. The second-order valence-electron chi connectivity index (χ2n) is 4.59. The molecule has 2 heterocycles. The number of hydrogen-bond acceptors (Lipinski definition) is 6. The number of aromatic nitrogens is 3. The van der Waals surface area contributed by atoms with Gasteiger partial charge in [0.1, 0.15) is 5.82 Å². The van der Waals surface area contributed by atoms with E-state index in [0.717, 1.165) is 43.4 Å². The number of hydrogen-bond donors (Lipinski definition) is 0. The highest BCUT2D eigenvalue weighted by Crippen LogP contribution is 2.21. The van der Waals surface area contributed by atoms with E-state index in [9.17, 15) is 4.79 Å². The summed E-state index contributed by atoms with van der Waals surface area (Å²) in [5.41, 5.74) is 0. The van der Waals surface area contributed by atoms with E-state index in [1.165, 1.54) is 11.8 Å². The van der Waals surface area contributed by atoms with Gasteiger partial charge in [-0.1, -0.05) is 18.7 Å². The Kier molecular flexibility index (Phi) is 5.85. The molecule has 0 unspecified atom stereocenters. The van der Waals surface area contributed by atoms with Gasteiger partial charge in [-0.2, -0.15) is 0 Å². The largest absolute Gasteiger partial charge is 0.465 e. The molecule has 1 aliphatic rings. The zero-order chi connectivity index (χ0) is 14.4. The van der Waals surface area contributed by atoms with Crippen LogP contribution in [0.5, 0.6) is 0 Å². The Labute approximate surface area is 123 Å². The molecule has 0 radical (unpaired) electrons. The highest BCUT2D eigenvalue weighted by atomic mass is 32.2. The fraction of sp³-hybridized carbons (Fsp3) is 0.769. The average molecular weight is 299 g/mol. The Balaban J connectivity index is 2.00. The van der Waals surface area contributed by atoms with Crippen LogP contribution in [0, 0.1) is 0 Å². The number of rotatable bonds is 7. The second-order valence-corrected chi connectivity index (χ2v) is 5.53. The Morgan fingerprint density at radius 1 is 1.50 bits per heavy atom. The van der Waals surface area contributed by atoms with Gasteiger partial charge in [0.15, 0.2) is 5.16 Å². The molecule has 1 aromatic heterocycles. The van der Waals surface area contributed by atoms with E-state index in [2.05, 4.69) is 21.7 Å². The molecule has 2 rings (SSSR count). The zero-order valence-electron chi connectivity index (χ0n) is 12.0. The first kappa shape index (κ1) is 15.3. The molecule has 1 fully saturated rings. The SMILES string of the molecule is CCOC(=O)CSc1nnc(CC)n1C[C@@H]1CCCO1. The van der Waals surface area contributed by atoms with Crippen LogP contribution in [-0.2, 0) is 27.2 Å². The molecular formula is C13H21N3O3S. The molecule has 0 spiro atoms. The molecule has 1 aliphatic heterocycles. The number of aryl methyl sites for hydroxylation is 1. The van der Waals surface area contributed by atoms with Crippen molar-refractivity contribution in [2.24, 2.45) is 0 Å². The van der Waals surface area contributed by atoms with Gasteiger partial charge < -0.3 is 14.0 Å². The van der Waals surface area contributed by atoms with Gasteiger partial charge in [-0.25, -0.2) is 0 Å². The van der Waals surface area contributed by atoms with Crippen molar-refractivity contribution in [3.05, 3.63) is 5.82 Å². The highest BCUT2D eigenvalue weighted by Gasteiger charge is 2.20. The number of thioether (sulfide) groups is 1. The molecule has 20 heavy (non-hydrogen) atoms. The van der Waals surface area contributed by atoms with Crippen molar-refractivity contribution >= 4 is 17.7 Å². The Hall–Kier alpha value is -1.08. The molecule has 1 atom stereocenters. The Morgan fingerprint density at radius 3 is 3.00 bits per heavy atom. The summed E-state index contributed by atoms with van der Waals surface area (Å²) in [6.45, 7) is 5.86. The van der Waals surface area contributed by atoms with Crippen molar-refractivity contribution < 1.29 is 14.3 Å². The lowest BCUT2D eigenvalue weighted by molar-refractivity contribution is -0.139. The van der Waals surface area contributed by atoms with Crippen LogP contribution < -0.4 is 0 Å². The second kappa shape index (κ2) is 7.64. The summed E-state index contributed by atoms with van der Waals surface area (Å²) >= 11 is 1.37. The predicted molar refractivity (Wildman–Crippen MR) is 75.7 cm³/mol. The third-order valence-corrected chi connectivity index (χ3v) is 4.08. The van der Waals surface area contributed by atoms with E-state index in [0.29, 0.717) is 6.61 Å². The van der Waals surface area contributed by atoms with Gasteiger partial charge in [-0.15, -0.1) is 10.2 Å². The zero-order valence-corrected chi connectivity index (χ0v) is 12.8. The molecule has 0 saturated carbocycles. The number of carbonyl (C=O) groups is 1. The van der Waals surface area contributed by atoms with Crippen molar-refractivity contribution in [3.63, 3.8) is 0 Å². The van der Waals surface area contributed by atoms with Crippen LogP contribution in [0.15, 0.2) is 5.16 Å². The lowest BCUT2D eigenvalue weighted by Crippen LogP contribution is -2.18. The maximum absolute atomic E-state index is 11.4. The third-order valence-electron chi connectivity index (χ3n) is 3.14. The first-order chi connectivity index (χ1) is 9.74.